The summed E-state index contributed by atoms with van der Waals surface area (Å²) in [5.74, 6) is 0.813. The molecule has 1 saturated heterocycles. The minimum absolute atomic E-state index is 0.162. The highest BCUT2D eigenvalue weighted by atomic mass is 16.2. The van der Waals surface area contributed by atoms with Crippen molar-refractivity contribution in [1.29, 1.82) is 0 Å². The van der Waals surface area contributed by atoms with Gasteiger partial charge in [-0.1, -0.05) is 26.7 Å². The van der Waals surface area contributed by atoms with Crippen LogP contribution >= 0.6 is 0 Å². The molecule has 1 aromatic heterocycles. The highest BCUT2D eigenvalue weighted by Crippen LogP contribution is 2.26. The molecule has 2 aliphatic rings. The Hall–Kier alpha value is -1.36. The number of hydrogen-bond acceptors (Lipinski definition) is 3. The van der Waals surface area contributed by atoms with Gasteiger partial charge in [0.25, 0.3) is 5.91 Å². The number of aryl methyl sites for hydroxylation is 1. The van der Waals surface area contributed by atoms with Crippen LogP contribution in [0.4, 0.5) is 0 Å². The molecule has 1 fully saturated rings. The van der Waals surface area contributed by atoms with Gasteiger partial charge in [-0.3, -0.25) is 9.48 Å². The van der Waals surface area contributed by atoms with Gasteiger partial charge >= 0.3 is 0 Å². The summed E-state index contributed by atoms with van der Waals surface area (Å²) in [6.07, 6.45) is 7.85. The first-order valence-corrected chi connectivity index (χ1v) is 10.2. The monoisotopic (exact) mass is 346 g/mol. The van der Waals surface area contributed by atoms with Gasteiger partial charge in [0.05, 0.1) is 0 Å². The van der Waals surface area contributed by atoms with Crippen LogP contribution in [0.5, 0.6) is 0 Å². The lowest BCUT2D eigenvalue weighted by molar-refractivity contribution is 0.0753. The molecule has 1 atom stereocenters. The van der Waals surface area contributed by atoms with E-state index in [4.69, 9.17) is 5.10 Å². The number of rotatable bonds is 5. The smallest absolute Gasteiger partial charge is 0.274 e. The Morgan fingerprint density at radius 1 is 1.24 bits per heavy atom. The maximum Gasteiger partial charge on any atom is 0.274 e. The lowest BCUT2D eigenvalue weighted by Crippen LogP contribution is -2.38. The lowest BCUT2D eigenvalue weighted by Gasteiger charge is -2.26. The van der Waals surface area contributed by atoms with Gasteiger partial charge in [0.15, 0.2) is 5.69 Å². The zero-order valence-corrected chi connectivity index (χ0v) is 16.2. The average Bonchev–Trinajstić information content (AvgIpc) is 2.78. The number of carbonyl (C=O) groups excluding carboxylic acids is 1. The third-order valence-corrected chi connectivity index (χ3v) is 5.56. The Balaban J connectivity index is 1.80. The number of fused-ring (bicyclic) bond motifs is 1. The summed E-state index contributed by atoms with van der Waals surface area (Å²) in [5.41, 5.74) is 3.24. The van der Waals surface area contributed by atoms with E-state index in [0.717, 1.165) is 64.0 Å². The van der Waals surface area contributed by atoms with Gasteiger partial charge in [-0.2, -0.15) is 5.10 Å². The second-order valence-corrected chi connectivity index (χ2v) is 8.04. The van der Waals surface area contributed by atoms with Crippen LogP contribution in [0, 0.1) is 5.92 Å². The lowest BCUT2D eigenvalue weighted by atomic mass is 9.90. The molecule has 25 heavy (non-hydrogen) atoms. The summed E-state index contributed by atoms with van der Waals surface area (Å²) >= 11 is 0. The molecule has 140 valence electrons. The van der Waals surface area contributed by atoms with E-state index in [-0.39, 0.29) is 5.91 Å². The first kappa shape index (κ1) is 18.4. The molecule has 3 rings (SSSR count). The summed E-state index contributed by atoms with van der Waals surface area (Å²) in [6, 6.07) is 0.472. The van der Waals surface area contributed by atoms with E-state index in [1.807, 2.05) is 4.90 Å². The molecular formula is C20H34N4O. The first-order valence-electron chi connectivity index (χ1n) is 10.2. The third kappa shape index (κ3) is 4.25. The van der Waals surface area contributed by atoms with Crippen molar-refractivity contribution in [2.24, 2.45) is 5.92 Å². The normalized spacial score (nSPS) is 21.3. The van der Waals surface area contributed by atoms with Crippen LogP contribution in [-0.2, 0) is 19.4 Å². The number of nitrogens with zero attached hydrogens (tertiary/aromatic N) is 3. The van der Waals surface area contributed by atoms with E-state index in [1.165, 1.54) is 24.1 Å². The molecular weight excluding hydrogens is 312 g/mol. The van der Waals surface area contributed by atoms with Crippen LogP contribution < -0.4 is 5.32 Å². The van der Waals surface area contributed by atoms with E-state index in [9.17, 15) is 4.79 Å². The molecule has 1 aromatic rings. The molecule has 1 aliphatic carbocycles. The quantitative estimate of drug-likeness (QED) is 0.891. The number of hydrogen-bond donors (Lipinski definition) is 1. The van der Waals surface area contributed by atoms with Crippen LogP contribution in [0.1, 0.15) is 74.6 Å². The minimum atomic E-state index is 0.162. The number of nitrogens with one attached hydrogen (secondary N) is 1. The summed E-state index contributed by atoms with van der Waals surface area (Å²) < 4.78 is 2.07. The Bertz CT molecular complexity index is 585. The van der Waals surface area contributed by atoms with E-state index < -0.39 is 0 Å². The minimum Gasteiger partial charge on any atom is -0.337 e. The van der Waals surface area contributed by atoms with Crippen molar-refractivity contribution < 1.29 is 4.79 Å². The van der Waals surface area contributed by atoms with Gasteiger partial charge in [-0.15, -0.1) is 0 Å². The molecule has 1 amide bonds. The SMILES string of the molecule is CCn1nc(C(=O)N2CCCCCC2)c2c1CC[C@H](NCC(C)C)C2. The third-order valence-electron chi connectivity index (χ3n) is 5.56. The van der Waals surface area contributed by atoms with E-state index in [2.05, 4.69) is 30.8 Å². The predicted molar refractivity (Wildman–Crippen MR) is 101 cm³/mol. The number of aromatic nitrogens is 2. The van der Waals surface area contributed by atoms with Crippen LogP contribution in [0.15, 0.2) is 0 Å². The first-order chi connectivity index (χ1) is 12.1. The molecule has 0 bridgehead atoms. The molecule has 0 radical (unpaired) electrons. The zero-order valence-electron chi connectivity index (χ0n) is 16.2. The van der Waals surface area contributed by atoms with Gasteiger partial charge in [-0.05, 0) is 51.5 Å². The van der Waals surface area contributed by atoms with Crippen molar-refractivity contribution in [3.8, 4) is 0 Å². The van der Waals surface area contributed by atoms with Gasteiger partial charge in [-0.25, -0.2) is 0 Å². The summed E-state index contributed by atoms with van der Waals surface area (Å²) in [7, 11) is 0. The molecule has 1 N–H and O–H groups in total. The zero-order chi connectivity index (χ0) is 17.8. The molecule has 2 heterocycles. The van der Waals surface area contributed by atoms with Crippen molar-refractivity contribution in [2.75, 3.05) is 19.6 Å². The standard InChI is InChI=1S/C20H34N4O/c1-4-24-18-10-9-16(21-14-15(2)3)13-17(18)19(22-24)20(25)23-11-7-5-6-8-12-23/h15-16,21H,4-14H2,1-3H3/t16-/m0/s1. The second-order valence-electron chi connectivity index (χ2n) is 8.04. The van der Waals surface area contributed by atoms with E-state index >= 15 is 0 Å². The van der Waals surface area contributed by atoms with Crippen molar-refractivity contribution in [2.45, 2.75) is 78.3 Å². The fourth-order valence-corrected chi connectivity index (χ4v) is 4.12. The number of amides is 1. The van der Waals surface area contributed by atoms with Crippen molar-refractivity contribution in [1.82, 2.24) is 20.0 Å². The van der Waals surface area contributed by atoms with Gasteiger partial charge < -0.3 is 10.2 Å². The molecule has 5 nitrogen and oxygen atoms in total. The van der Waals surface area contributed by atoms with E-state index in [0.29, 0.717) is 12.0 Å². The van der Waals surface area contributed by atoms with Crippen LogP contribution in [0.3, 0.4) is 0 Å². The molecule has 0 unspecified atom stereocenters. The predicted octanol–water partition coefficient (Wildman–Crippen LogP) is 3.02. The largest absolute Gasteiger partial charge is 0.337 e. The topological polar surface area (TPSA) is 50.2 Å². The fourth-order valence-electron chi connectivity index (χ4n) is 4.12. The number of carbonyl (C=O) groups is 1. The van der Waals surface area contributed by atoms with Crippen molar-refractivity contribution in [3.05, 3.63) is 17.0 Å². The van der Waals surface area contributed by atoms with Gasteiger partial charge in [0.2, 0.25) is 0 Å². The van der Waals surface area contributed by atoms with Gasteiger partial charge in [0, 0.05) is 36.9 Å². The molecule has 5 heteroatoms. The Kier molecular flexibility index (Phi) is 6.15. The Morgan fingerprint density at radius 3 is 2.60 bits per heavy atom. The molecule has 0 aromatic carbocycles. The van der Waals surface area contributed by atoms with E-state index in [1.54, 1.807) is 0 Å². The summed E-state index contributed by atoms with van der Waals surface area (Å²) in [5, 5.41) is 8.43. The molecule has 0 spiro atoms. The average molecular weight is 347 g/mol. The molecule has 0 saturated carbocycles. The Morgan fingerprint density at radius 2 is 1.96 bits per heavy atom. The Labute approximate surface area is 152 Å². The van der Waals surface area contributed by atoms with Crippen LogP contribution in [0.2, 0.25) is 0 Å². The summed E-state index contributed by atoms with van der Waals surface area (Å²) in [4.78, 5) is 15.2. The summed E-state index contributed by atoms with van der Waals surface area (Å²) in [6.45, 7) is 10.3. The second kappa shape index (κ2) is 8.35. The highest BCUT2D eigenvalue weighted by molar-refractivity contribution is 5.94. The number of likely N-dealkylation sites (tertiary alicyclic amines) is 1. The van der Waals surface area contributed by atoms with Crippen molar-refractivity contribution in [3.63, 3.8) is 0 Å². The maximum atomic E-state index is 13.2. The fraction of sp³-hybridized carbons (Fsp3) is 0.800. The van der Waals surface area contributed by atoms with Gasteiger partial charge in [0.1, 0.15) is 0 Å². The van der Waals surface area contributed by atoms with Crippen molar-refractivity contribution >= 4 is 5.91 Å². The van der Waals surface area contributed by atoms with Crippen LogP contribution in [0.25, 0.3) is 0 Å². The molecule has 1 aliphatic heterocycles. The maximum absolute atomic E-state index is 13.2. The van der Waals surface area contributed by atoms with Crippen LogP contribution in [-0.4, -0.2) is 46.3 Å². The highest BCUT2D eigenvalue weighted by Gasteiger charge is 2.30.